The minimum Gasteiger partial charge on any atom is -0.369 e. The summed E-state index contributed by atoms with van der Waals surface area (Å²) in [6, 6.07) is 15.3. The summed E-state index contributed by atoms with van der Waals surface area (Å²) in [5.74, 6) is 0.0298. The molecule has 2 fully saturated rings. The van der Waals surface area contributed by atoms with Crippen molar-refractivity contribution in [3.05, 3.63) is 59.9 Å². The zero-order valence-electron chi connectivity index (χ0n) is 17.8. The van der Waals surface area contributed by atoms with Crippen molar-refractivity contribution in [1.82, 2.24) is 9.80 Å². The Morgan fingerprint density at radius 2 is 1.47 bits per heavy atom. The van der Waals surface area contributed by atoms with Crippen LogP contribution in [-0.2, 0) is 4.79 Å². The molecule has 2 aromatic carbocycles. The van der Waals surface area contributed by atoms with Crippen LogP contribution in [0, 0.1) is 12.7 Å². The normalized spacial score (nSPS) is 18.0. The highest BCUT2D eigenvalue weighted by atomic mass is 19.1. The summed E-state index contributed by atoms with van der Waals surface area (Å²) in [6.45, 7) is 10.0. The molecule has 0 aromatic heterocycles. The third-order valence-electron chi connectivity index (χ3n) is 6.21. The molecular formula is C24H31FN4O. The molecule has 2 aliphatic heterocycles. The van der Waals surface area contributed by atoms with Gasteiger partial charge in [0.2, 0.25) is 5.91 Å². The van der Waals surface area contributed by atoms with E-state index in [0.717, 1.165) is 64.6 Å². The molecule has 0 spiro atoms. The molecule has 6 heteroatoms. The molecule has 2 saturated heterocycles. The van der Waals surface area contributed by atoms with Crippen molar-refractivity contribution in [2.24, 2.45) is 0 Å². The molecule has 2 aromatic rings. The fourth-order valence-corrected chi connectivity index (χ4v) is 4.33. The van der Waals surface area contributed by atoms with Gasteiger partial charge in [0.1, 0.15) is 5.82 Å². The first-order valence-electron chi connectivity index (χ1n) is 10.9. The van der Waals surface area contributed by atoms with Crippen molar-refractivity contribution in [3.63, 3.8) is 0 Å². The lowest BCUT2D eigenvalue weighted by molar-refractivity contribution is -0.131. The maximum atomic E-state index is 13.1. The Bertz CT molecular complexity index is 841. The van der Waals surface area contributed by atoms with E-state index in [1.807, 2.05) is 17.0 Å². The smallest absolute Gasteiger partial charge is 0.223 e. The number of carbonyl (C=O) groups excluding carboxylic acids is 1. The first kappa shape index (κ1) is 20.7. The fraction of sp³-hybridized carbons (Fsp3) is 0.458. The van der Waals surface area contributed by atoms with Gasteiger partial charge in [-0.05, 0) is 48.9 Å². The Morgan fingerprint density at radius 1 is 0.833 bits per heavy atom. The van der Waals surface area contributed by atoms with Crippen LogP contribution in [0.15, 0.2) is 48.5 Å². The highest BCUT2D eigenvalue weighted by Gasteiger charge is 2.23. The Kier molecular flexibility index (Phi) is 6.53. The number of hydrogen-bond donors (Lipinski definition) is 0. The number of halogens is 1. The third kappa shape index (κ3) is 5.11. The first-order chi connectivity index (χ1) is 14.6. The lowest BCUT2D eigenvalue weighted by atomic mass is 10.2. The van der Waals surface area contributed by atoms with Crippen molar-refractivity contribution in [1.29, 1.82) is 0 Å². The number of hydrogen-bond acceptors (Lipinski definition) is 4. The lowest BCUT2D eigenvalue weighted by Crippen LogP contribution is -2.50. The van der Waals surface area contributed by atoms with E-state index in [9.17, 15) is 9.18 Å². The number of benzene rings is 2. The molecule has 1 amide bonds. The first-order valence-corrected chi connectivity index (χ1v) is 10.9. The molecule has 0 radical (unpaired) electrons. The van der Waals surface area contributed by atoms with Gasteiger partial charge in [0, 0.05) is 76.7 Å². The number of piperazine rings is 2. The largest absolute Gasteiger partial charge is 0.369 e. The monoisotopic (exact) mass is 410 g/mol. The summed E-state index contributed by atoms with van der Waals surface area (Å²) in [5.41, 5.74) is 3.61. The van der Waals surface area contributed by atoms with E-state index in [-0.39, 0.29) is 11.7 Å². The van der Waals surface area contributed by atoms with Crippen LogP contribution in [0.3, 0.4) is 0 Å². The van der Waals surface area contributed by atoms with Crippen LogP contribution in [-0.4, -0.2) is 74.6 Å². The molecule has 4 rings (SSSR count). The molecule has 2 heterocycles. The van der Waals surface area contributed by atoms with Gasteiger partial charge in [-0.3, -0.25) is 9.69 Å². The van der Waals surface area contributed by atoms with Crippen LogP contribution in [0.1, 0.15) is 12.0 Å². The molecule has 0 aliphatic carbocycles. The second-order valence-electron chi connectivity index (χ2n) is 8.26. The average Bonchev–Trinajstić information content (AvgIpc) is 2.78. The van der Waals surface area contributed by atoms with E-state index in [1.54, 1.807) is 0 Å². The van der Waals surface area contributed by atoms with E-state index >= 15 is 0 Å². The van der Waals surface area contributed by atoms with E-state index in [4.69, 9.17) is 0 Å². The molecule has 160 valence electrons. The fourth-order valence-electron chi connectivity index (χ4n) is 4.33. The van der Waals surface area contributed by atoms with Gasteiger partial charge in [-0.2, -0.15) is 0 Å². The molecule has 5 nitrogen and oxygen atoms in total. The Balaban J connectivity index is 1.18. The van der Waals surface area contributed by atoms with Crippen molar-refractivity contribution < 1.29 is 9.18 Å². The highest BCUT2D eigenvalue weighted by molar-refractivity contribution is 5.76. The lowest BCUT2D eigenvalue weighted by Gasteiger charge is -2.38. The van der Waals surface area contributed by atoms with Crippen LogP contribution < -0.4 is 9.80 Å². The third-order valence-corrected chi connectivity index (χ3v) is 6.21. The summed E-state index contributed by atoms with van der Waals surface area (Å²) in [7, 11) is 0. The van der Waals surface area contributed by atoms with Crippen molar-refractivity contribution in [3.8, 4) is 0 Å². The van der Waals surface area contributed by atoms with Crippen molar-refractivity contribution >= 4 is 17.3 Å². The van der Waals surface area contributed by atoms with Crippen LogP contribution in [0.5, 0.6) is 0 Å². The molecule has 2 aliphatic rings. The predicted molar refractivity (Wildman–Crippen MR) is 120 cm³/mol. The van der Waals surface area contributed by atoms with Gasteiger partial charge in [0.05, 0.1) is 0 Å². The number of amides is 1. The zero-order chi connectivity index (χ0) is 20.9. The van der Waals surface area contributed by atoms with Crippen molar-refractivity contribution in [2.75, 3.05) is 68.7 Å². The number of rotatable bonds is 5. The Hall–Kier alpha value is -2.60. The average molecular weight is 411 g/mol. The number of carbonyl (C=O) groups is 1. The number of anilines is 2. The van der Waals surface area contributed by atoms with Gasteiger partial charge in [0.15, 0.2) is 0 Å². The number of aryl methyl sites for hydroxylation is 1. The van der Waals surface area contributed by atoms with Crippen LogP contribution >= 0.6 is 0 Å². The highest BCUT2D eigenvalue weighted by Crippen LogP contribution is 2.19. The van der Waals surface area contributed by atoms with Gasteiger partial charge in [-0.25, -0.2) is 4.39 Å². The molecule has 0 N–H and O–H groups in total. The Morgan fingerprint density at radius 3 is 2.13 bits per heavy atom. The van der Waals surface area contributed by atoms with E-state index in [0.29, 0.717) is 6.42 Å². The van der Waals surface area contributed by atoms with Crippen LogP contribution in [0.2, 0.25) is 0 Å². The minimum atomic E-state index is -0.215. The summed E-state index contributed by atoms with van der Waals surface area (Å²) in [4.78, 5) is 21.7. The zero-order valence-corrected chi connectivity index (χ0v) is 17.8. The second-order valence-corrected chi connectivity index (χ2v) is 8.26. The predicted octanol–water partition coefficient (Wildman–Crippen LogP) is 3.00. The molecule has 0 saturated carbocycles. The summed E-state index contributed by atoms with van der Waals surface area (Å²) < 4.78 is 13.1. The summed E-state index contributed by atoms with van der Waals surface area (Å²) in [5, 5.41) is 0. The van der Waals surface area contributed by atoms with E-state index < -0.39 is 0 Å². The topological polar surface area (TPSA) is 30.0 Å². The quantitative estimate of drug-likeness (QED) is 0.758. The Labute approximate surface area is 178 Å². The van der Waals surface area contributed by atoms with Crippen LogP contribution in [0.25, 0.3) is 0 Å². The van der Waals surface area contributed by atoms with Crippen LogP contribution in [0.4, 0.5) is 15.8 Å². The van der Waals surface area contributed by atoms with Gasteiger partial charge in [0.25, 0.3) is 0 Å². The maximum absolute atomic E-state index is 13.1. The molecule has 0 bridgehead atoms. The molecular weight excluding hydrogens is 379 g/mol. The summed E-state index contributed by atoms with van der Waals surface area (Å²) >= 11 is 0. The van der Waals surface area contributed by atoms with Gasteiger partial charge in [-0.15, -0.1) is 0 Å². The van der Waals surface area contributed by atoms with Gasteiger partial charge >= 0.3 is 0 Å². The van der Waals surface area contributed by atoms with Crippen molar-refractivity contribution in [2.45, 2.75) is 13.3 Å². The minimum absolute atomic E-state index is 0.215. The SMILES string of the molecule is Cc1cccc(N2CCN(CCC(=O)N3CCN(c4ccc(F)cc4)CC3)CC2)c1. The van der Waals surface area contributed by atoms with E-state index in [1.165, 1.54) is 23.4 Å². The number of nitrogens with zero attached hydrogens (tertiary/aromatic N) is 4. The van der Waals surface area contributed by atoms with E-state index in [2.05, 4.69) is 45.9 Å². The van der Waals surface area contributed by atoms with Gasteiger partial charge < -0.3 is 14.7 Å². The maximum Gasteiger partial charge on any atom is 0.223 e. The molecule has 30 heavy (non-hydrogen) atoms. The molecule has 0 atom stereocenters. The molecule has 0 unspecified atom stereocenters. The standard InChI is InChI=1S/C24H31FN4O/c1-20-3-2-4-23(19-20)28-13-11-26(12-14-28)10-9-24(30)29-17-15-27(16-18-29)22-7-5-21(25)6-8-22/h2-8,19H,9-18H2,1H3. The van der Waals surface area contributed by atoms with Gasteiger partial charge in [-0.1, -0.05) is 12.1 Å². The second kappa shape index (κ2) is 9.47. The summed E-state index contributed by atoms with van der Waals surface area (Å²) in [6.07, 6.45) is 0.584.